The van der Waals surface area contributed by atoms with Crippen LogP contribution in [0, 0.1) is 0 Å². The van der Waals surface area contributed by atoms with E-state index in [1.807, 2.05) is 36.6 Å². The molecule has 0 bridgehead atoms. The molecule has 0 aliphatic rings. The van der Waals surface area contributed by atoms with Crippen molar-refractivity contribution in [1.82, 2.24) is 4.98 Å². The van der Waals surface area contributed by atoms with E-state index in [-0.39, 0.29) is 6.61 Å². The van der Waals surface area contributed by atoms with Gasteiger partial charge in [-0.25, -0.2) is 4.98 Å². The van der Waals surface area contributed by atoms with E-state index in [2.05, 4.69) is 18.8 Å². The topological polar surface area (TPSA) is 42.4 Å². The molecule has 0 aliphatic heterocycles. The molecule has 0 fully saturated rings. The summed E-state index contributed by atoms with van der Waals surface area (Å²) < 4.78 is 5.89. The first kappa shape index (κ1) is 14.9. The molecule has 0 atom stereocenters. The first-order chi connectivity index (χ1) is 9.63. The van der Waals surface area contributed by atoms with Gasteiger partial charge < -0.3 is 9.84 Å². The zero-order valence-corrected chi connectivity index (χ0v) is 12.8. The summed E-state index contributed by atoms with van der Waals surface area (Å²) in [7, 11) is 0. The summed E-state index contributed by atoms with van der Waals surface area (Å²) in [5.74, 6) is 1.61. The summed E-state index contributed by atoms with van der Waals surface area (Å²) in [5, 5.41) is 9.35. The van der Waals surface area contributed by atoms with Crippen molar-refractivity contribution in [2.24, 2.45) is 0 Å². The van der Waals surface area contributed by atoms with Crippen LogP contribution in [-0.2, 0) is 6.61 Å². The van der Waals surface area contributed by atoms with Crippen LogP contribution in [0.2, 0.25) is 0 Å². The molecule has 0 aliphatic carbocycles. The minimum Gasteiger partial charge on any atom is -0.438 e. The highest BCUT2D eigenvalue weighted by Crippen LogP contribution is 2.31. The molecule has 1 aromatic carbocycles. The zero-order valence-electron chi connectivity index (χ0n) is 12.0. The van der Waals surface area contributed by atoms with Crippen LogP contribution < -0.4 is 4.74 Å². The van der Waals surface area contributed by atoms with Crippen LogP contribution in [0.3, 0.4) is 0 Å². The summed E-state index contributed by atoms with van der Waals surface area (Å²) in [5.41, 5.74) is 1.74. The van der Waals surface area contributed by atoms with Gasteiger partial charge in [0.25, 0.3) is 0 Å². The fraction of sp³-hybridized carbons (Fsp3) is 0.312. The third-order valence-corrected chi connectivity index (χ3v) is 3.72. The maximum Gasteiger partial charge on any atom is 0.219 e. The number of benzene rings is 1. The Labute approximate surface area is 124 Å². The second-order valence-corrected chi connectivity index (χ2v) is 5.65. The van der Waals surface area contributed by atoms with Crippen LogP contribution in [0.15, 0.2) is 41.3 Å². The molecule has 2 aromatic rings. The molecular weight excluding hydrogens is 270 g/mol. The van der Waals surface area contributed by atoms with Gasteiger partial charge in [-0.1, -0.05) is 26.0 Å². The molecular formula is C16H19NO2S. The molecule has 20 heavy (non-hydrogen) atoms. The fourth-order valence-corrected chi connectivity index (χ4v) is 2.36. The Morgan fingerprint density at radius 3 is 2.65 bits per heavy atom. The predicted molar refractivity (Wildman–Crippen MR) is 82.5 cm³/mol. The lowest BCUT2D eigenvalue weighted by Gasteiger charge is -2.12. The van der Waals surface area contributed by atoms with Crippen molar-refractivity contribution in [3.8, 4) is 11.6 Å². The summed E-state index contributed by atoms with van der Waals surface area (Å²) in [6.07, 6.45) is 2.01. The van der Waals surface area contributed by atoms with Gasteiger partial charge in [0.2, 0.25) is 5.88 Å². The van der Waals surface area contributed by atoms with Gasteiger partial charge in [-0.2, -0.15) is 0 Å². The van der Waals surface area contributed by atoms with E-state index in [9.17, 15) is 5.11 Å². The molecule has 0 radical (unpaired) electrons. The van der Waals surface area contributed by atoms with Crippen LogP contribution in [0.4, 0.5) is 0 Å². The maximum absolute atomic E-state index is 9.35. The Morgan fingerprint density at radius 2 is 2.00 bits per heavy atom. The lowest BCUT2D eigenvalue weighted by atomic mass is 10.1. The maximum atomic E-state index is 9.35. The number of ether oxygens (including phenoxy) is 1. The highest BCUT2D eigenvalue weighted by atomic mass is 32.2. The number of hydrogen-bond acceptors (Lipinski definition) is 4. The van der Waals surface area contributed by atoms with Crippen molar-refractivity contribution >= 4 is 11.8 Å². The van der Waals surface area contributed by atoms with Crippen molar-refractivity contribution in [3.63, 3.8) is 0 Å². The first-order valence-corrected chi connectivity index (χ1v) is 7.79. The minimum atomic E-state index is -0.0111. The SMILES string of the molecule is CSc1ccccc1Oc1cc(CO)cc(C(C)C)n1. The number of pyridine rings is 1. The molecule has 0 saturated carbocycles. The molecule has 1 heterocycles. The van der Waals surface area contributed by atoms with Gasteiger partial charge in [-0.3, -0.25) is 0 Å². The molecule has 3 nitrogen and oxygen atoms in total. The van der Waals surface area contributed by atoms with Gasteiger partial charge in [0.1, 0.15) is 5.75 Å². The van der Waals surface area contributed by atoms with Crippen LogP contribution >= 0.6 is 11.8 Å². The number of thioether (sulfide) groups is 1. The zero-order chi connectivity index (χ0) is 14.5. The Hall–Kier alpha value is -1.52. The smallest absolute Gasteiger partial charge is 0.219 e. The Morgan fingerprint density at radius 1 is 1.25 bits per heavy atom. The van der Waals surface area contributed by atoms with Gasteiger partial charge in [0, 0.05) is 16.7 Å². The van der Waals surface area contributed by atoms with Crippen LogP contribution in [0.25, 0.3) is 0 Å². The van der Waals surface area contributed by atoms with Crippen LogP contribution in [0.1, 0.15) is 31.0 Å². The van der Waals surface area contributed by atoms with Gasteiger partial charge in [0.05, 0.1) is 6.61 Å². The monoisotopic (exact) mass is 289 g/mol. The number of rotatable bonds is 5. The second-order valence-electron chi connectivity index (χ2n) is 4.80. The van der Waals surface area contributed by atoms with Crippen molar-refractivity contribution in [2.45, 2.75) is 31.3 Å². The van der Waals surface area contributed by atoms with Gasteiger partial charge in [-0.15, -0.1) is 11.8 Å². The minimum absolute atomic E-state index is 0.0111. The number of nitrogens with zero attached hydrogens (tertiary/aromatic N) is 1. The standard InChI is InChI=1S/C16H19NO2S/c1-11(2)13-8-12(10-18)9-16(17-13)19-14-6-4-5-7-15(14)20-3/h4-9,11,18H,10H2,1-3H3. The summed E-state index contributed by atoms with van der Waals surface area (Å²) >= 11 is 1.63. The average molecular weight is 289 g/mol. The van der Waals surface area contributed by atoms with Crippen LogP contribution in [-0.4, -0.2) is 16.3 Å². The Bertz CT molecular complexity index is 584. The normalized spacial score (nSPS) is 10.8. The van der Waals surface area contributed by atoms with E-state index in [0.717, 1.165) is 21.9 Å². The van der Waals surface area contributed by atoms with Crippen molar-refractivity contribution in [1.29, 1.82) is 0 Å². The fourth-order valence-electron chi connectivity index (χ4n) is 1.84. The summed E-state index contributed by atoms with van der Waals surface area (Å²) in [6.45, 7) is 4.13. The molecule has 0 saturated heterocycles. The van der Waals surface area contributed by atoms with Crippen LogP contribution in [0.5, 0.6) is 11.6 Å². The number of aliphatic hydroxyl groups excluding tert-OH is 1. The second kappa shape index (κ2) is 6.77. The predicted octanol–water partition coefficient (Wildman–Crippen LogP) is 4.21. The number of hydrogen-bond donors (Lipinski definition) is 1. The Balaban J connectivity index is 2.35. The van der Waals surface area contributed by atoms with Gasteiger partial charge >= 0.3 is 0 Å². The van der Waals surface area contributed by atoms with Crippen molar-refractivity contribution < 1.29 is 9.84 Å². The molecule has 4 heteroatoms. The van der Waals surface area contributed by atoms with E-state index < -0.39 is 0 Å². The summed E-state index contributed by atoms with van der Waals surface area (Å²) in [6, 6.07) is 11.6. The lowest BCUT2D eigenvalue weighted by Crippen LogP contribution is -1.99. The molecule has 1 aromatic heterocycles. The number of aliphatic hydroxyl groups is 1. The number of para-hydroxylation sites is 1. The Kier molecular flexibility index (Phi) is 5.04. The molecule has 0 unspecified atom stereocenters. The molecule has 106 valence electrons. The highest BCUT2D eigenvalue weighted by Gasteiger charge is 2.09. The molecule has 1 N–H and O–H groups in total. The third kappa shape index (κ3) is 3.52. The van der Waals surface area contributed by atoms with Gasteiger partial charge in [-0.05, 0) is 35.9 Å². The van der Waals surface area contributed by atoms with Crippen molar-refractivity contribution in [3.05, 3.63) is 47.7 Å². The van der Waals surface area contributed by atoms with E-state index >= 15 is 0 Å². The molecule has 0 spiro atoms. The first-order valence-electron chi connectivity index (χ1n) is 6.56. The van der Waals surface area contributed by atoms with E-state index in [1.54, 1.807) is 17.8 Å². The number of aromatic nitrogens is 1. The third-order valence-electron chi connectivity index (χ3n) is 2.94. The lowest BCUT2D eigenvalue weighted by molar-refractivity contribution is 0.280. The summed E-state index contributed by atoms with van der Waals surface area (Å²) in [4.78, 5) is 5.57. The van der Waals surface area contributed by atoms with Crippen molar-refractivity contribution in [2.75, 3.05) is 6.26 Å². The van der Waals surface area contributed by atoms with E-state index in [1.165, 1.54) is 0 Å². The highest BCUT2D eigenvalue weighted by molar-refractivity contribution is 7.98. The van der Waals surface area contributed by atoms with E-state index in [4.69, 9.17) is 4.74 Å². The molecule has 2 rings (SSSR count). The van der Waals surface area contributed by atoms with E-state index in [0.29, 0.717) is 11.8 Å². The average Bonchev–Trinajstić information content (AvgIpc) is 2.47. The quantitative estimate of drug-likeness (QED) is 0.837. The largest absolute Gasteiger partial charge is 0.438 e. The molecule has 0 amide bonds. The van der Waals surface area contributed by atoms with Gasteiger partial charge in [0.15, 0.2) is 0 Å².